The minimum absolute atomic E-state index is 0.493. The van der Waals surface area contributed by atoms with Crippen molar-refractivity contribution in [1.82, 2.24) is 19.7 Å². The van der Waals surface area contributed by atoms with Crippen LogP contribution in [0.4, 0.5) is 0 Å². The molecule has 23 heavy (non-hydrogen) atoms. The molecule has 7 heteroatoms. The molecule has 0 atom stereocenters. The quantitative estimate of drug-likeness (QED) is 0.620. The number of para-hydroxylation sites is 2. The number of methoxy groups -OCH3 is 1. The molecule has 0 radical (unpaired) electrons. The van der Waals surface area contributed by atoms with Crippen molar-refractivity contribution in [3.05, 3.63) is 36.0 Å². The van der Waals surface area contributed by atoms with Gasteiger partial charge in [0.2, 0.25) is 11.8 Å². The third kappa shape index (κ3) is 3.11. The Morgan fingerprint density at radius 2 is 2.17 bits per heavy atom. The van der Waals surface area contributed by atoms with Crippen molar-refractivity contribution < 1.29 is 9.15 Å². The summed E-state index contributed by atoms with van der Waals surface area (Å²) >= 11 is 1.62. The van der Waals surface area contributed by atoms with E-state index in [2.05, 4.69) is 20.8 Å². The monoisotopic (exact) mass is 330 g/mol. The summed E-state index contributed by atoms with van der Waals surface area (Å²) in [5.41, 5.74) is 2.12. The zero-order valence-corrected chi connectivity index (χ0v) is 13.8. The van der Waals surface area contributed by atoms with E-state index in [0.717, 1.165) is 28.6 Å². The lowest BCUT2D eigenvalue weighted by Gasteiger charge is -2.07. The topological polar surface area (TPSA) is 66.0 Å². The number of imidazole rings is 1. The van der Waals surface area contributed by atoms with Gasteiger partial charge in [0.25, 0.3) is 0 Å². The van der Waals surface area contributed by atoms with Crippen LogP contribution in [0.2, 0.25) is 0 Å². The molecule has 2 aromatic heterocycles. The van der Waals surface area contributed by atoms with Crippen LogP contribution in [0.5, 0.6) is 0 Å². The molecule has 120 valence electrons. The predicted molar refractivity (Wildman–Crippen MR) is 87.4 cm³/mol. The Hall–Kier alpha value is -1.86. The van der Waals surface area contributed by atoms with E-state index in [-0.39, 0.29) is 0 Å². The fraction of sp³-hybridized carbons (Fsp3) is 0.438. The largest absolute Gasteiger partial charge is 0.424 e. The fourth-order valence-electron chi connectivity index (χ4n) is 2.51. The lowest BCUT2D eigenvalue weighted by Crippen LogP contribution is -2.05. The molecule has 1 aromatic carbocycles. The number of ether oxygens (including phenoxy) is 1. The highest BCUT2D eigenvalue weighted by molar-refractivity contribution is 7.98. The normalized spacial score (nSPS) is 14.7. The Morgan fingerprint density at radius 3 is 3.00 bits per heavy atom. The Kier molecular flexibility index (Phi) is 4.05. The van der Waals surface area contributed by atoms with Crippen LogP contribution in [-0.2, 0) is 17.0 Å². The highest BCUT2D eigenvalue weighted by Gasteiger charge is 2.29. The summed E-state index contributed by atoms with van der Waals surface area (Å²) in [4.78, 5) is 4.72. The molecule has 2 heterocycles. The number of aromatic nitrogens is 4. The van der Waals surface area contributed by atoms with Crippen molar-refractivity contribution in [3.8, 4) is 0 Å². The summed E-state index contributed by atoms with van der Waals surface area (Å²) < 4.78 is 13.1. The first-order valence-corrected chi connectivity index (χ1v) is 8.73. The van der Waals surface area contributed by atoms with E-state index in [9.17, 15) is 0 Å². The first kappa shape index (κ1) is 14.7. The average Bonchev–Trinajstić information content (AvgIpc) is 3.21. The van der Waals surface area contributed by atoms with E-state index in [0.29, 0.717) is 24.2 Å². The van der Waals surface area contributed by atoms with Crippen LogP contribution in [0.3, 0.4) is 0 Å². The maximum atomic E-state index is 5.72. The van der Waals surface area contributed by atoms with E-state index >= 15 is 0 Å². The van der Waals surface area contributed by atoms with Gasteiger partial charge in [-0.25, -0.2) is 4.98 Å². The Labute approximate surface area is 138 Å². The molecule has 0 bridgehead atoms. The van der Waals surface area contributed by atoms with E-state index in [1.54, 1.807) is 18.9 Å². The van der Waals surface area contributed by atoms with Crippen molar-refractivity contribution >= 4 is 22.8 Å². The van der Waals surface area contributed by atoms with Gasteiger partial charge in [-0.3, -0.25) is 0 Å². The second-order valence-corrected chi connectivity index (χ2v) is 6.57. The second-order valence-electron chi connectivity index (χ2n) is 5.62. The van der Waals surface area contributed by atoms with Gasteiger partial charge in [-0.15, -0.1) is 10.2 Å². The second kappa shape index (κ2) is 6.33. The van der Waals surface area contributed by atoms with Gasteiger partial charge in [0.05, 0.1) is 23.4 Å². The summed E-state index contributed by atoms with van der Waals surface area (Å²) in [6.45, 7) is 1.43. The van der Waals surface area contributed by atoms with Gasteiger partial charge in [0.1, 0.15) is 0 Å². The molecule has 1 saturated carbocycles. The number of fused-ring (bicyclic) bond motifs is 1. The molecule has 4 rings (SSSR count). The van der Waals surface area contributed by atoms with Gasteiger partial charge in [-0.05, 0) is 25.0 Å². The molecule has 1 aliphatic carbocycles. The number of nitrogens with zero attached hydrogens (tertiary/aromatic N) is 4. The van der Waals surface area contributed by atoms with Gasteiger partial charge < -0.3 is 13.7 Å². The van der Waals surface area contributed by atoms with Crippen LogP contribution in [0.25, 0.3) is 11.0 Å². The van der Waals surface area contributed by atoms with Crippen molar-refractivity contribution in [1.29, 1.82) is 0 Å². The van der Waals surface area contributed by atoms with Crippen LogP contribution in [0.1, 0.15) is 30.5 Å². The third-order valence-electron chi connectivity index (χ3n) is 3.87. The standard InChI is InChI=1S/C16H18N4O2S/c1-21-9-8-20-13-5-3-2-4-12(13)17-16(20)23-10-14-18-19-15(22-14)11-6-7-11/h2-5,11H,6-10H2,1H3. The SMILES string of the molecule is COCCn1c(SCc2nnc(C3CC3)o2)nc2ccccc21. The zero-order valence-electron chi connectivity index (χ0n) is 12.9. The van der Waals surface area contributed by atoms with Crippen LogP contribution in [0.15, 0.2) is 33.8 Å². The molecule has 0 amide bonds. The van der Waals surface area contributed by atoms with Crippen molar-refractivity contribution in [2.45, 2.75) is 36.2 Å². The summed E-state index contributed by atoms with van der Waals surface area (Å²) in [6, 6.07) is 8.15. The molecule has 1 fully saturated rings. The molecule has 0 saturated heterocycles. The Morgan fingerprint density at radius 1 is 1.30 bits per heavy atom. The summed E-state index contributed by atoms with van der Waals surface area (Å²) in [6.07, 6.45) is 2.34. The maximum absolute atomic E-state index is 5.72. The highest BCUT2D eigenvalue weighted by atomic mass is 32.2. The molecule has 0 aliphatic heterocycles. The predicted octanol–water partition coefficient (Wildman–Crippen LogP) is 3.24. The smallest absolute Gasteiger partial charge is 0.226 e. The molecule has 0 unspecified atom stereocenters. The third-order valence-corrected chi connectivity index (χ3v) is 4.83. The fourth-order valence-corrected chi connectivity index (χ4v) is 3.39. The summed E-state index contributed by atoms with van der Waals surface area (Å²) in [5.74, 6) is 2.58. The van der Waals surface area contributed by atoms with Crippen molar-refractivity contribution in [2.75, 3.05) is 13.7 Å². The number of rotatable bonds is 7. The van der Waals surface area contributed by atoms with Gasteiger partial charge in [0.15, 0.2) is 5.16 Å². The maximum Gasteiger partial charge on any atom is 0.226 e. The molecule has 1 aliphatic rings. The van der Waals surface area contributed by atoms with Crippen LogP contribution >= 0.6 is 11.8 Å². The van der Waals surface area contributed by atoms with E-state index in [4.69, 9.17) is 14.1 Å². The van der Waals surface area contributed by atoms with Gasteiger partial charge in [-0.2, -0.15) is 0 Å². The first-order chi connectivity index (χ1) is 11.3. The Balaban J connectivity index is 1.54. The molecule has 3 aromatic rings. The lowest BCUT2D eigenvalue weighted by atomic mass is 10.3. The van der Waals surface area contributed by atoms with E-state index in [1.165, 1.54) is 12.8 Å². The minimum Gasteiger partial charge on any atom is -0.424 e. The zero-order chi connectivity index (χ0) is 15.6. The number of benzene rings is 1. The van der Waals surface area contributed by atoms with E-state index < -0.39 is 0 Å². The summed E-state index contributed by atoms with van der Waals surface area (Å²) in [7, 11) is 1.71. The highest BCUT2D eigenvalue weighted by Crippen LogP contribution is 2.39. The lowest BCUT2D eigenvalue weighted by molar-refractivity contribution is 0.186. The first-order valence-electron chi connectivity index (χ1n) is 7.74. The Bertz CT molecular complexity index is 809. The summed E-state index contributed by atoms with van der Waals surface area (Å²) in [5, 5.41) is 9.22. The minimum atomic E-state index is 0.493. The van der Waals surface area contributed by atoms with Gasteiger partial charge >= 0.3 is 0 Å². The number of hydrogen-bond donors (Lipinski definition) is 0. The van der Waals surface area contributed by atoms with Gasteiger partial charge in [-0.1, -0.05) is 23.9 Å². The molecule has 0 spiro atoms. The number of thioether (sulfide) groups is 1. The molecule has 0 N–H and O–H groups in total. The molecular formula is C16H18N4O2S. The average molecular weight is 330 g/mol. The molecular weight excluding hydrogens is 312 g/mol. The van der Waals surface area contributed by atoms with Crippen LogP contribution < -0.4 is 0 Å². The molecule has 6 nitrogen and oxygen atoms in total. The van der Waals surface area contributed by atoms with Crippen LogP contribution in [-0.4, -0.2) is 33.5 Å². The van der Waals surface area contributed by atoms with Crippen molar-refractivity contribution in [3.63, 3.8) is 0 Å². The van der Waals surface area contributed by atoms with Crippen LogP contribution in [0, 0.1) is 0 Å². The van der Waals surface area contributed by atoms with E-state index in [1.807, 2.05) is 18.2 Å². The van der Waals surface area contributed by atoms with Gasteiger partial charge in [0, 0.05) is 19.6 Å². The number of hydrogen-bond acceptors (Lipinski definition) is 6. The van der Waals surface area contributed by atoms with Crippen molar-refractivity contribution in [2.24, 2.45) is 0 Å².